The summed E-state index contributed by atoms with van der Waals surface area (Å²) in [6, 6.07) is 13.7. The van der Waals surface area contributed by atoms with Crippen LogP contribution in [0, 0.1) is 28.4 Å². The van der Waals surface area contributed by atoms with Crippen LogP contribution in [-0.4, -0.2) is 18.1 Å². The van der Waals surface area contributed by atoms with Gasteiger partial charge in [0.25, 0.3) is 5.69 Å². The average Bonchev–Trinajstić information content (AvgIpc) is 2.56. The van der Waals surface area contributed by atoms with Gasteiger partial charge in [-0.3, -0.25) is 10.1 Å². The van der Waals surface area contributed by atoms with Crippen molar-refractivity contribution in [2.45, 2.75) is 13.3 Å². The number of nitriles is 1. The van der Waals surface area contributed by atoms with Gasteiger partial charge in [0, 0.05) is 12.5 Å². The topological polar surface area (TPSA) is 85.4 Å². The summed E-state index contributed by atoms with van der Waals surface area (Å²) in [5.74, 6) is 1.14. The van der Waals surface area contributed by atoms with E-state index in [1.165, 1.54) is 6.07 Å². The van der Waals surface area contributed by atoms with E-state index in [0.29, 0.717) is 42.3 Å². The van der Waals surface area contributed by atoms with Gasteiger partial charge in [-0.05, 0) is 31.2 Å². The molecule has 0 aromatic heterocycles. The minimum absolute atomic E-state index is 0.0482. The summed E-state index contributed by atoms with van der Waals surface area (Å²) in [4.78, 5) is 10.4. The molecule has 0 radical (unpaired) electrons. The highest BCUT2D eigenvalue weighted by Crippen LogP contribution is 2.27. The van der Waals surface area contributed by atoms with Crippen LogP contribution in [0.15, 0.2) is 42.5 Å². The van der Waals surface area contributed by atoms with Crippen molar-refractivity contribution in [3.8, 4) is 17.6 Å². The first kappa shape index (κ1) is 16.3. The van der Waals surface area contributed by atoms with Crippen LogP contribution >= 0.6 is 0 Å². The fraction of sp³-hybridized carbons (Fsp3) is 0.235. The molecule has 0 aliphatic carbocycles. The highest BCUT2D eigenvalue weighted by atomic mass is 16.6. The molecule has 0 N–H and O–H groups in total. The fourth-order valence-corrected chi connectivity index (χ4v) is 2.04. The zero-order valence-corrected chi connectivity index (χ0v) is 12.7. The van der Waals surface area contributed by atoms with E-state index in [2.05, 4.69) is 6.07 Å². The van der Waals surface area contributed by atoms with Crippen LogP contribution < -0.4 is 9.47 Å². The summed E-state index contributed by atoms with van der Waals surface area (Å²) in [7, 11) is 0. The molecule has 6 heteroatoms. The first-order valence-corrected chi connectivity index (χ1v) is 7.11. The number of nitrogens with zero attached hydrogens (tertiary/aromatic N) is 2. The van der Waals surface area contributed by atoms with Gasteiger partial charge in [0.1, 0.15) is 11.5 Å². The molecule has 0 bridgehead atoms. The van der Waals surface area contributed by atoms with Crippen LogP contribution in [0.4, 0.5) is 5.69 Å². The van der Waals surface area contributed by atoms with Gasteiger partial charge in [-0.1, -0.05) is 12.1 Å². The standard InChI is InChI=1S/C17H16N2O4/c1-13-16(19(20)21)7-3-8-17(13)23-10-4-9-22-15-6-2-5-14(11-15)12-18/h2-3,5-8,11H,4,9-10H2,1H3. The van der Waals surface area contributed by atoms with Crippen LogP contribution in [0.3, 0.4) is 0 Å². The first-order chi connectivity index (χ1) is 11.1. The molecule has 0 amide bonds. The van der Waals surface area contributed by atoms with Crippen molar-refractivity contribution < 1.29 is 14.4 Å². The smallest absolute Gasteiger partial charge is 0.276 e. The zero-order chi connectivity index (χ0) is 16.7. The van der Waals surface area contributed by atoms with E-state index < -0.39 is 4.92 Å². The predicted molar refractivity (Wildman–Crippen MR) is 84.6 cm³/mol. The Morgan fingerprint density at radius 3 is 2.65 bits per heavy atom. The maximum atomic E-state index is 10.9. The Morgan fingerprint density at radius 2 is 1.91 bits per heavy atom. The van der Waals surface area contributed by atoms with E-state index in [4.69, 9.17) is 14.7 Å². The average molecular weight is 312 g/mol. The molecule has 2 rings (SSSR count). The first-order valence-electron chi connectivity index (χ1n) is 7.11. The van der Waals surface area contributed by atoms with Gasteiger partial charge in [-0.15, -0.1) is 0 Å². The van der Waals surface area contributed by atoms with Crippen LogP contribution in [0.2, 0.25) is 0 Å². The quantitative estimate of drug-likeness (QED) is 0.443. The van der Waals surface area contributed by atoms with Gasteiger partial charge in [0.15, 0.2) is 0 Å². The zero-order valence-electron chi connectivity index (χ0n) is 12.7. The number of ether oxygens (including phenoxy) is 2. The van der Waals surface area contributed by atoms with Crippen molar-refractivity contribution in [3.05, 3.63) is 63.7 Å². The van der Waals surface area contributed by atoms with Gasteiger partial charge in [0.05, 0.1) is 35.3 Å². The highest BCUT2D eigenvalue weighted by molar-refractivity contribution is 5.48. The molecule has 2 aromatic carbocycles. The van der Waals surface area contributed by atoms with Gasteiger partial charge >= 0.3 is 0 Å². The van der Waals surface area contributed by atoms with Gasteiger partial charge in [-0.2, -0.15) is 5.26 Å². The van der Waals surface area contributed by atoms with Crippen LogP contribution in [-0.2, 0) is 0 Å². The Balaban J connectivity index is 1.81. The number of nitro benzene ring substituents is 1. The lowest BCUT2D eigenvalue weighted by molar-refractivity contribution is -0.385. The molecule has 6 nitrogen and oxygen atoms in total. The monoisotopic (exact) mass is 312 g/mol. The molecule has 2 aromatic rings. The summed E-state index contributed by atoms with van der Waals surface area (Å²) >= 11 is 0. The van der Waals surface area contributed by atoms with E-state index in [0.717, 1.165) is 0 Å². The van der Waals surface area contributed by atoms with Crippen LogP contribution in [0.25, 0.3) is 0 Å². The van der Waals surface area contributed by atoms with E-state index in [1.54, 1.807) is 43.3 Å². The molecule has 0 aliphatic rings. The second-order valence-electron chi connectivity index (χ2n) is 4.85. The summed E-state index contributed by atoms with van der Waals surface area (Å²) in [6.45, 7) is 2.49. The minimum Gasteiger partial charge on any atom is -0.493 e. The van der Waals surface area contributed by atoms with E-state index >= 15 is 0 Å². The maximum absolute atomic E-state index is 10.9. The summed E-state index contributed by atoms with van der Waals surface area (Å²) in [6.07, 6.45) is 0.624. The molecule has 0 spiro atoms. The molecule has 0 saturated heterocycles. The number of hydrogen-bond donors (Lipinski definition) is 0. The molecule has 0 heterocycles. The Hall–Kier alpha value is -3.07. The molecule has 118 valence electrons. The lowest BCUT2D eigenvalue weighted by Gasteiger charge is -2.10. The van der Waals surface area contributed by atoms with E-state index in [1.807, 2.05) is 0 Å². The number of rotatable bonds is 7. The molecular weight excluding hydrogens is 296 g/mol. The summed E-state index contributed by atoms with van der Waals surface area (Å²) in [5.41, 5.74) is 1.11. The highest BCUT2D eigenvalue weighted by Gasteiger charge is 2.13. The fourth-order valence-electron chi connectivity index (χ4n) is 2.04. The Labute approximate surface area is 134 Å². The largest absolute Gasteiger partial charge is 0.493 e. The Kier molecular flexibility index (Phi) is 5.53. The third-order valence-electron chi connectivity index (χ3n) is 3.23. The summed E-state index contributed by atoms with van der Waals surface area (Å²) < 4.78 is 11.1. The molecule has 0 atom stereocenters. The molecule has 0 aliphatic heterocycles. The minimum atomic E-state index is -0.423. The van der Waals surface area contributed by atoms with E-state index in [9.17, 15) is 10.1 Å². The van der Waals surface area contributed by atoms with Crippen molar-refractivity contribution in [2.75, 3.05) is 13.2 Å². The number of benzene rings is 2. The normalized spacial score (nSPS) is 9.91. The predicted octanol–water partition coefficient (Wildman–Crippen LogP) is 3.62. The Morgan fingerprint density at radius 1 is 1.17 bits per heavy atom. The second kappa shape index (κ2) is 7.80. The lowest BCUT2D eigenvalue weighted by atomic mass is 10.2. The van der Waals surface area contributed by atoms with Crippen molar-refractivity contribution >= 4 is 5.69 Å². The van der Waals surface area contributed by atoms with Crippen molar-refractivity contribution in [3.63, 3.8) is 0 Å². The summed E-state index contributed by atoms with van der Waals surface area (Å²) in [5, 5.41) is 19.7. The van der Waals surface area contributed by atoms with Crippen LogP contribution in [0.5, 0.6) is 11.5 Å². The molecule has 0 saturated carbocycles. The number of hydrogen-bond acceptors (Lipinski definition) is 5. The maximum Gasteiger partial charge on any atom is 0.276 e. The SMILES string of the molecule is Cc1c(OCCCOc2cccc(C#N)c2)cccc1[N+](=O)[O-]. The third-order valence-corrected chi connectivity index (χ3v) is 3.23. The van der Waals surface area contributed by atoms with Gasteiger partial charge in [0.2, 0.25) is 0 Å². The number of nitro groups is 1. The van der Waals surface area contributed by atoms with E-state index in [-0.39, 0.29) is 5.69 Å². The van der Waals surface area contributed by atoms with Crippen molar-refractivity contribution in [1.82, 2.24) is 0 Å². The molecular formula is C17H16N2O4. The second-order valence-corrected chi connectivity index (χ2v) is 4.85. The van der Waals surface area contributed by atoms with Crippen molar-refractivity contribution in [1.29, 1.82) is 5.26 Å². The van der Waals surface area contributed by atoms with Crippen molar-refractivity contribution in [2.24, 2.45) is 0 Å². The van der Waals surface area contributed by atoms with Gasteiger partial charge in [-0.25, -0.2) is 0 Å². The molecule has 23 heavy (non-hydrogen) atoms. The molecule has 0 unspecified atom stereocenters. The van der Waals surface area contributed by atoms with Crippen LogP contribution in [0.1, 0.15) is 17.5 Å². The Bertz CT molecular complexity index is 738. The third kappa shape index (κ3) is 4.45. The molecule has 0 fully saturated rings. The van der Waals surface area contributed by atoms with Gasteiger partial charge < -0.3 is 9.47 Å². The lowest BCUT2D eigenvalue weighted by Crippen LogP contribution is -2.06.